The van der Waals surface area contributed by atoms with E-state index in [-0.39, 0.29) is 39.2 Å². The molecular formula is C23H19Cl2F3N2O3. The molecule has 0 aliphatic heterocycles. The topological polar surface area (TPSA) is 60.3 Å². The molecule has 33 heavy (non-hydrogen) atoms. The average molecular weight is 499 g/mol. The molecule has 0 bridgehead atoms. The molecule has 5 nitrogen and oxygen atoms in total. The number of alkyl halides is 3. The number of aromatic nitrogens is 1. The third kappa shape index (κ3) is 5.02. The monoisotopic (exact) mass is 498 g/mol. The molecule has 0 unspecified atom stereocenters. The molecule has 3 rings (SSSR count). The van der Waals surface area contributed by atoms with Crippen LogP contribution in [0.2, 0.25) is 10.0 Å². The van der Waals surface area contributed by atoms with E-state index in [2.05, 4.69) is 5.32 Å². The molecule has 10 heteroatoms. The Hall–Kier alpha value is -2.97. The van der Waals surface area contributed by atoms with Crippen molar-refractivity contribution in [3.63, 3.8) is 0 Å². The van der Waals surface area contributed by atoms with Gasteiger partial charge in [-0.05, 0) is 51.1 Å². The number of nitrogens with zero attached hydrogens (tertiary/aromatic N) is 1. The van der Waals surface area contributed by atoms with Crippen LogP contribution in [0.1, 0.15) is 44.6 Å². The Bertz CT molecular complexity index is 1210. The maximum atomic E-state index is 13.5. The Morgan fingerprint density at radius 1 is 1.06 bits per heavy atom. The van der Waals surface area contributed by atoms with Crippen LogP contribution < -0.4 is 5.32 Å². The van der Waals surface area contributed by atoms with Crippen molar-refractivity contribution in [2.75, 3.05) is 11.9 Å². The number of carbonyl (C=O) groups excluding carboxylic acids is 2. The number of aryl methyl sites for hydroxylation is 1. The quantitative estimate of drug-likeness (QED) is 0.391. The normalized spacial score (nSPS) is 11.4. The summed E-state index contributed by atoms with van der Waals surface area (Å²) in [7, 11) is 0. The molecule has 0 spiro atoms. The van der Waals surface area contributed by atoms with Crippen molar-refractivity contribution in [2.24, 2.45) is 0 Å². The molecule has 1 aromatic heterocycles. The lowest BCUT2D eigenvalue weighted by molar-refractivity contribution is -0.137. The molecule has 0 atom stereocenters. The number of carbonyl (C=O) groups is 2. The summed E-state index contributed by atoms with van der Waals surface area (Å²) in [5.74, 6) is -1.24. The van der Waals surface area contributed by atoms with Crippen molar-refractivity contribution in [1.29, 1.82) is 0 Å². The molecule has 0 fully saturated rings. The molecule has 1 amide bonds. The Balaban J connectivity index is 1.98. The molecule has 0 saturated heterocycles. The maximum absolute atomic E-state index is 13.5. The number of benzene rings is 2. The summed E-state index contributed by atoms with van der Waals surface area (Å²) in [6.45, 7) is 4.96. The largest absolute Gasteiger partial charge is 0.462 e. The van der Waals surface area contributed by atoms with Gasteiger partial charge in [-0.1, -0.05) is 35.3 Å². The molecule has 2 aromatic carbocycles. The first-order valence-corrected chi connectivity index (χ1v) is 10.5. The summed E-state index contributed by atoms with van der Waals surface area (Å²) in [5.41, 5.74) is 0.157. The molecule has 0 saturated carbocycles. The lowest BCUT2D eigenvalue weighted by atomic mass is 10.1. The highest BCUT2D eigenvalue weighted by Crippen LogP contribution is 2.36. The summed E-state index contributed by atoms with van der Waals surface area (Å²) < 4.78 is 46.8. The Morgan fingerprint density at radius 2 is 1.67 bits per heavy atom. The van der Waals surface area contributed by atoms with Crippen LogP contribution in [0.5, 0.6) is 0 Å². The Labute approximate surface area is 198 Å². The number of nitrogens with one attached hydrogen (secondary N) is 1. The van der Waals surface area contributed by atoms with Crippen LogP contribution in [0.25, 0.3) is 5.69 Å². The summed E-state index contributed by atoms with van der Waals surface area (Å²) in [6.07, 6.45) is -4.57. The first-order valence-electron chi connectivity index (χ1n) is 9.78. The van der Waals surface area contributed by atoms with Gasteiger partial charge in [-0.2, -0.15) is 13.2 Å². The minimum atomic E-state index is -4.57. The van der Waals surface area contributed by atoms with Crippen molar-refractivity contribution in [1.82, 2.24) is 4.57 Å². The van der Waals surface area contributed by atoms with Crippen molar-refractivity contribution < 1.29 is 27.5 Å². The highest BCUT2D eigenvalue weighted by Gasteiger charge is 2.34. The molecule has 0 radical (unpaired) electrons. The predicted octanol–water partition coefficient (Wildman–Crippen LogP) is 6.85. The van der Waals surface area contributed by atoms with E-state index in [1.165, 1.54) is 41.0 Å². The van der Waals surface area contributed by atoms with Crippen molar-refractivity contribution in [3.8, 4) is 5.69 Å². The van der Waals surface area contributed by atoms with Gasteiger partial charge in [0.25, 0.3) is 5.91 Å². The zero-order valence-corrected chi connectivity index (χ0v) is 19.3. The van der Waals surface area contributed by atoms with Crippen LogP contribution in [0.3, 0.4) is 0 Å². The van der Waals surface area contributed by atoms with Crippen molar-refractivity contribution in [3.05, 3.63) is 80.6 Å². The van der Waals surface area contributed by atoms with Gasteiger partial charge in [-0.3, -0.25) is 4.79 Å². The van der Waals surface area contributed by atoms with Gasteiger partial charge in [-0.15, -0.1) is 0 Å². The van der Waals surface area contributed by atoms with E-state index in [9.17, 15) is 22.8 Å². The molecule has 0 aliphatic rings. The average Bonchev–Trinajstić information content (AvgIpc) is 3.04. The van der Waals surface area contributed by atoms with Crippen LogP contribution >= 0.6 is 23.2 Å². The number of esters is 1. The fourth-order valence-electron chi connectivity index (χ4n) is 3.48. The zero-order valence-electron chi connectivity index (χ0n) is 17.8. The smallest absolute Gasteiger partial charge is 0.418 e. The second-order valence-corrected chi connectivity index (χ2v) is 7.94. The number of para-hydroxylation sites is 1. The molecule has 0 aliphatic carbocycles. The van der Waals surface area contributed by atoms with Gasteiger partial charge in [0.05, 0.1) is 44.7 Å². The third-order valence-electron chi connectivity index (χ3n) is 4.92. The highest BCUT2D eigenvalue weighted by atomic mass is 35.5. The molecule has 1 heterocycles. The first kappa shape index (κ1) is 24.7. The molecule has 174 valence electrons. The lowest BCUT2D eigenvalue weighted by Crippen LogP contribution is -2.15. The van der Waals surface area contributed by atoms with Gasteiger partial charge in [0, 0.05) is 11.4 Å². The van der Waals surface area contributed by atoms with Crippen molar-refractivity contribution >= 4 is 40.8 Å². The zero-order chi connectivity index (χ0) is 24.5. The summed E-state index contributed by atoms with van der Waals surface area (Å²) in [5, 5.41) is 2.60. The van der Waals surface area contributed by atoms with E-state index >= 15 is 0 Å². The maximum Gasteiger partial charge on any atom is 0.418 e. The Morgan fingerprint density at radius 3 is 2.24 bits per heavy atom. The summed E-state index contributed by atoms with van der Waals surface area (Å²) >= 11 is 12.4. The highest BCUT2D eigenvalue weighted by molar-refractivity contribution is 6.40. The van der Waals surface area contributed by atoms with Gasteiger partial charge in [0.1, 0.15) is 0 Å². The van der Waals surface area contributed by atoms with Gasteiger partial charge < -0.3 is 14.6 Å². The fourth-order valence-corrected chi connectivity index (χ4v) is 4.06. The number of rotatable bonds is 5. The van der Waals surface area contributed by atoms with Gasteiger partial charge in [0.15, 0.2) is 0 Å². The van der Waals surface area contributed by atoms with E-state index in [1.807, 2.05) is 0 Å². The lowest BCUT2D eigenvalue weighted by Gasteiger charge is -2.17. The standard InChI is InChI=1S/C23H19Cl2F3N2O3/c1-4-33-22(32)14-10-17(24)20(18(25)11-14)29-21(31)15-9-12(2)30(13(15)3)19-8-6-5-7-16(19)23(26,27)28/h5-11H,4H2,1-3H3,(H,29,31). The summed E-state index contributed by atoms with van der Waals surface area (Å²) in [6, 6.07) is 9.22. The minimum absolute atomic E-state index is 0.00938. The van der Waals surface area contributed by atoms with Crippen LogP contribution in [0.15, 0.2) is 42.5 Å². The van der Waals surface area contributed by atoms with E-state index in [4.69, 9.17) is 27.9 Å². The minimum Gasteiger partial charge on any atom is -0.462 e. The van der Waals surface area contributed by atoms with Gasteiger partial charge >= 0.3 is 12.1 Å². The van der Waals surface area contributed by atoms with E-state index in [0.29, 0.717) is 11.4 Å². The molecule has 3 aromatic rings. The van der Waals surface area contributed by atoms with E-state index in [1.54, 1.807) is 20.8 Å². The molecular weight excluding hydrogens is 480 g/mol. The van der Waals surface area contributed by atoms with Crippen LogP contribution in [0.4, 0.5) is 18.9 Å². The Kier molecular flexibility index (Phi) is 7.09. The van der Waals surface area contributed by atoms with Crippen LogP contribution in [-0.4, -0.2) is 23.1 Å². The second-order valence-electron chi connectivity index (χ2n) is 7.12. The van der Waals surface area contributed by atoms with Gasteiger partial charge in [0.2, 0.25) is 0 Å². The van der Waals surface area contributed by atoms with E-state index < -0.39 is 23.6 Å². The van der Waals surface area contributed by atoms with Crippen molar-refractivity contribution in [2.45, 2.75) is 26.9 Å². The predicted molar refractivity (Wildman–Crippen MR) is 121 cm³/mol. The summed E-state index contributed by atoms with van der Waals surface area (Å²) in [4.78, 5) is 24.9. The number of hydrogen-bond acceptors (Lipinski definition) is 3. The van der Waals surface area contributed by atoms with Gasteiger partial charge in [-0.25, -0.2) is 4.79 Å². The number of hydrogen-bond donors (Lipinski definition) is 1. The fraction of sp³-hybridized carbons (Fsp3) is 0.217. The van der Waals surface area contributed by atoms with Crippen LogP contribution in [-0.2, 0) is 10.9 Å². The van der Waals surface area contributed by atoms with Crippen LogP contribution in [0, 0.1) is 13.8 Å². The molecule has 1 N–H and O–H groups in total. The number of ether oxygens (including phenoxy) is 1. The SMILES string of the molecule is CCOC(=O)c1cc(Cl)c(NC(=O)c2cc(C)n(-c3ccccc3C(F)(F)F)c2C)c(Cl)c1. The first-order chi connectivity index (χ1) is 15.5. The number of halogens is 5. The number of anilines is 1. The number of amides is 1. The third-order valence-corrected chi connectivity index (χ3v) is 5.51. The van der Waals surface area contributed by atoms with E-state index in [0.717, 1.165) is 6.07 Å². The second kappa shape index (κ2) is 9.49.